The standard InChI is InChI=1S/C24H31N5O5/c1-24(2)11-18(22(32)28-16(20(25)30)9-13-7-8-26-21(13)31)29(12-24)23(33)17-10-14-15(27-17)5-4-6-19(14)34-3/h4-6,10,13,16,18,27H,7-9,11-12H2,1-3H3,(H2,25,30)(H,26,31)(H,28,32). The average molecular weight is 470 g/mol. The molecule has 2 aliphatic rings. The first-order valence-electron chi connectivity index (χ1n) is 11.4. The Morgan fingerprint density at radius 1 is 1.32 bits per heavy atom. The van der Waals surface area contributed by atoms with E-state index in [9.17, 15) is 19.2 Å². The highest BCUT2D eigenvalue weighted by Crippen LogP contribution is 2.36. The number of hydrogen-bond acceptors (Lipinski definition) is 5. The van der Waals surface area contributed by atoms with Gasteiger partial charge in [0.05, 0.1) is 7.11 Å². The second-order valence-corrected chi connectivity index (χ2v) is 9.90. The van der Waals surface area contributed by atoms with Gasteiger partial charge in [-0.15, -0.1) is 0 Å². The molecule has 1 aromatic heterocycles. The molecule has 4 rings (SSSR count). The van der Waals surface area contributed by atoms with E-state index in [1.807, 2.05) is 32.0 Å². The number of rotatable bonds is 7. The third-order valence-corrected chi connectivity index (χ3v) is 6.70. The fraction of sp³-hybridized carbons (Fsp3) is 0.500. The van der Waals surface area contributed by atoms with Crippen LogP contribution >= 0.6 is 0 Å². The zero-order valence-electron chi connectivity index (χ0n) is 19.6. The molecule has 2 fully saturated rings. The van der Waals surface area contributed by atoms with Crippen LogP contribution in [-0.2, 0) is 14.4 Å². The van der Waals surface area contributed by atoms with Crippen molar-refractivity contribution in [2.24, 2.45) is 17.1 Å². The number of likely N-dealkylation sites (tertiary alicyclic amines) is 1. The fourth-order valence-corrected chi connectivity index (χ4v) is 4.96. The molecule has 0 aliphatic carbocycles. The molecule has 1 aromatic carbocycles. The van der Waals surface area contributed by atoms with Crippen molar-refractivity contribution in [2.45, 2.75) is 45.2 Å². The van der Waals surface area contributed by atoms with Crippen LogP contribution in [0.2, 0.25) is 0 Å². The number of amides is 4. The smallest absolute Gasteiger partial charge is 0.271 e. The molecule has 2 saturated heterocycles. The Balaban J connectivity index is 1.55. The molecule has 0 spiro atoms. The number of H-pyrrole nitrogens is 1. The summed E-state index contributed by atoms with van der Waals surface area (Å²) in [6, 6.07) is 5.46. The van der Waals surface area contributed by atoms with Gasteiger partial charge in [0.2, 0.25) is 17.7 Å². The molecule has 3 heterocycles. The molecule has 5 N–H and O–H groups in total. The van der Waals surface area contributed by atoms with Gasteiger partial charge in [-0.2, -0.15) is 0 Å². The number of fused-ring (bicyclic) bond motifs is 1. The van der Waals surface area contributed by atoms with Crippen molar-refractivity contribution in [3.63, 3.8) is 0 Å². The maximum absolute atomic E-state index is 13.5. The molecule has 0 bridgehead atoms. The minimum Gasteiger partial charge on any atom is -0.496 e. The molecule has 3 unspecified atom stereocenters. The van der Waals surface area contributed by atoms with E-state index in [1.54, 1.807) is 13.2 Å². The predicted octanol–water partition coefficient (Wildman–Crippen LogP) is 0.914. The first-order chi connectivity index (χ1) is 16.1. The first-order valence-corrected chi connectivity index (χ1v) is 11.4. The highest BCUT2D eigenvalue weighted by Gasteiger charge is 2.45. The number of nitrogens with zero attached hydrogens (tertiary/aromatic N) is 1. The zero-order valence-corrected chi connectivity index (χ0v) is 19.6. The molecule has 182 valence electrons. The molecular weight excluding hydrogens is 438 g/mol. The van der Waals surface area contributed by atoms with Gasteiger partial charge in [0.15, 0.2) is 0 Å². The summed E-state index contributed by atoms with van der Waals surface area (Å²) in [4.78, 5) is 55.4. The lowest BCUT2D eigenvalue weighted by Gasteiger charge is -2.26. The molecule has 10 heteroatoms. The predicted molar refractivity (Wildman–Crippen MR) is 125 cm³/mol. The minimum absolute atomic E-state index is 0.138. The Morgan fingerprint density at radius 2 is 2.09 bits per heavy atom. The first kappa shape index (κ1) is 23.6. The highest BCUT2D eigenvalue weighted by molar-refractivity contribution is 6.02. The van der Waals surface area contributed by atoms with Gasteiger partial charge in [-0.1, -0.05) is 19.9 Å². The van der Waals surface area contributed by atoms with Crippen LogP contribution in [0.15, 0.2) is 24.3 Å². The minimum atomic E-state index is -0.987. The number of hydrogen-bond donors (Lipinski definition) is 4. The second-order valence-electron chi connectivity index (χ2n) is 9.90. The number of nitrogens with one attached hydrogen (secondary N) is 3. The van der Waals surface area contributed by atoms with Crippen molar-refractivity contribution in [1.82, 2.24) is 20.5 Å². The second kappa shape index (κ2) is 9.00. The average Bonchev–Trinajstić information content (AvgIpc) is 3.48. The SMILES string of the molecule is COc1cccc2[nH]c(C(=O)N3CC(C)(C)CC3C(=O)NC(CC3CCNC3=O)C(N)=O)cc12. The van der Waals surface area contributed by atoms with Crippen molar-refractivity contribution < 1.29 is 23.9 Å². The van der Waals surface area contributed by atoms with Crippen LogP contribution in [0.4, 0.5) is 0 Å². The van der Waals surface area contributed by atoms with Gasteiger partial charge in [-0.25, -0.2) is 0 Å². The van der Waals surface area contributed by atoms with E-state index in [-0.39, 0.29) is 29.6 Å². The number of methoxy groups -OCH3 is 1. The third kappa shape index (κ3) is 4.57. The summed E-state index contributed by atoms with van der Waals surface area (Å²) in [5.74, 6) is -1.34. The zero-order chi connectivity index (χ0) is 24.6. The summed E-state index contributed by atoms with van der Waals surface area (Å²) >= 11 is 0. The van der Waals surface area contributed by atoms with Crippen molar-refractivity contribution in [3.05, 3.63) is 30.0 Å². The highest BCUT2D eigenvalue weighted by atomic mass is 16.5. The normalized spacial score (nSPS) is 22.4. The largest absolute Gasteiger partial charge is 0.496 e. The van der Waals surface area contributed by atoms with Gasteiger partial charge >= 0.3 is 0 Å². The van der Waals surface area contributed by atoms with E-state index in [0.717, 1.165) is 10.9 Å². The Bertz CT molecular complexity index is 1140. The van der Waals surface area contributed by atoms with E-state index in [1.165, 1.54) is 4.90 Å². The molecule has 34 heavy (non-hydrogen) atoms. The Morgan fingerprint density at radius 3 is 2.74 bits per heavy atom. The van der Waals surface area contributed by atoms with E-state index < -0.39 is 23.9 Å². The van der Waals surface area contributed by atoms with Gasteiger partial charge < -0.3 is 31.0 Å². The molecule has 0 saturated carbocycles. The van der Waals surface area contributed by atoms with Crippen molar-refractivity contribution in [3.8, 4) is 5.75 Å². The number of aromatic nitrogens is 1. The number of ether oxygens (including phenoxy) is 1. The quantitative estimate of drug-likeness (QED) is 0.476. The summed E-state index contributed by atoms with van der Waals surface area (Å²) in [6.45, 7) is 4.90. The number of primary amides is 1. The number of benzene rings is 1. The van der Waals surface area contributed by atoms with Gasteiger partial charge in [0.25, 0.3) is 5.91 Å². The maximum atomic E-state index is 13.5. The molecule has 4 amide bonds. The van der Waals surface area contributed by atoms with Gasteiger partial charge in [-0.3, -0.25) is 19.2 Å². The Hall–Kier alpha value is -3.56. The van der Waals surface area contributed by atoms with Crippen LogP contribution in [-0.4, -0.2) is 65.8 Å². The van der Waals surface area contributed by atoms with Crippen LogP contribution < -0.4 is 21.1 Å². The van der Waals surface area contributed by atoms with Crippen molar-refractivity contribution in [1.29, 1.82) is 0 Å². The number of nitrogens with two attached hydrogens (primary N) is 1. The van der Waals surface area contributed by atoms with Gasteiger partial charge in [0, 0.05) is 29.9 Å². The van der Waals surface area contributed by atoms with Crippen molar-refractivity contribution >= 4 is 34.5 Å². The molecular formula is C24H31N5O5. The lowest BCUT2D eigenvalue weighted by molar-refractivity contribution is -0.131. The molecule has 2 aliphatic heterocycles. The van der Waals surface area contributed by atoms with Gasteiger partial charge in [0.1, 0.15) is 23.5 Å². The molecule has 10 nitrogen and oxygen atoms in total. The summed E-state index contributed by atoms with van der Waals surface area (Å²) in [5.41, 5.74) is 6.34. The van der Waals surface area contributed by atoms with Crippen LogP contribution in [0.3, 0.4) is 0 Å². The molecule has 2 aromatic rings. The van der Waals surface area contributed by atoms with E-state index in [2.05, 4.69) is 15.6 Å². The summed E-state index contributed by atoms with van der Waals surface area (Å²) in [7, 11) is 1.57. The number of aromatic amines is 1. The van der Waals surface area contributed by atoms with Crippen LogP contribution in [0.1, 0.15) is 43.6 Å². The maximum Gasteiger partial charge on any atom is 0.271 e. The molecule has 0 radical (unpaired) electrons. The Labute approximate surface area is 197 Å². The van der Waals surface area contributed by atoms with E-state index in [4.69, 9.17) is 10.5 Å². The summed E-state index contributed by atoms with van der Waals surface area (Å²) in [6.07, 6.45) is 1.16. The van der Waals surface area contributed by atoms with Crippen molar-refractivity contribution in [2.75, 3.05) is 20.2 Å². The van der Waals surface area contributed by atoms with E-state index >= 15 is 0 Å². The third-order valence-electron chi connectivity index (χ3n) is 6.70. The molecule has 3 atom stereocenters. The van der Waals surface area contributed by atoms with E-state index in [0.29, 0.717) is 37.4 Å². The topological polar surface area (TPSA) is 147 Å². The fourth-order valence-electron chi connectivity index (χ4n) is 4.96. The van der Waals surface area contributed by atoms with Crippen LogP contribution in [0.25, 0.3) is 10.9 Å². The Kier molecular flexibility index (Phi) is 6.24. The monoisotopic (exact) mass is 469 g/mol. The van der Waals surface area contributed by atoms with Gasteiger partial charge in [-0.05, 0) is 42.9 Å². The summed E-state index contributed by atoms with van der Waals surface area (Å²) in [5, 5.41) is 6.20. The van der Waals surface area contributed by atoms with Crippen LogP contribution in [0, 0.1) is 11.3 Å². The summed E-state index contributed by atoms with van der Waals surface area (Å²) < 4.78 is 5.39. The lowest BCUT2D eigenvalue weighted by Crippen LogP contribution is -2.53. The lowest BCUT2D eigenvalue weighted by atomic mass is 9.90. The van der Waals surface area contributed by atoms with Crippen LogP contribution in [0.5, 0.6) is 5.75 Å². The number of carbonyl (C=O) groups excluding carboxylic acids is 4. The number of carbonyl (C=O) groups is 4.